The number of halogens is 3. The van der Waals surface area contributed by atoms with Gasteiger partial charge in [-0.1, -0.05) is 57.2 Å². The lowest BCUT2D eigenvalue weighted by molar-refractivity contribution is -0.146. The van der Waals surface area contributed by atoms with E-state index in [9.17, 15) is 37.5 Å². The summed E-state index contributed by atoms with van der Waals surface area (Å²) in [6.07, 6.45) is -4.88. The SMILES string of the molecule is C=C[C@@H]1C[C@]1(NC(=O)[C@H]1C[C@@H](Oc2cc(-c3ccccc3)nc3cc(C(F)(F)F)ccc23)CN1C(=O)[C@@H](NC(=O)OC(C)(C)C)C(C)(C)C)C(=O)O. The van der Waals surface area contributed by atoms with E-state index in [0.29, 0.717) is 11.3 Å². The summed E-state index contributed by atoms with van der Waals surface area (Å²) >= 11 is 0. The number of rotatable bonds is 9. The summed E-state index contributed by atoms with van der Waals surface area (Å²) < 4.78 is 53.0. The van der Waals surface area contributed by atoms with Gasteiger partial charge >= 0.3 is 18.2 Å². The number of carboxylic acids is 1. The normalized spacial score (nSPS) is 22.3. The third kappa shape index (κ3) is 8.16. The first-order valence-corrected chi connectivity index (χ1v) is 16.8. The number of ether oxygens (including phenoxy) is 2. The summed E-state index contributed by atoms with van der Waals surface area (Å²) in [4.78, 5) is 59.2. The van der Waals surface area contributed by atoms with E-state index in [1.54, 1.807) is 77.9 Å². The van der Waals surface area contributed by atoms with Gasteiger partial charge in [-0.2, -0.15) is 13.2 Å². The molecule has 1 aliphatic carbocycles. The van der Waals surface area contributed by atoms with Crippen molar-refractivity contribution in [1.29, 1.82) is 0 Å². The minimum Gasteiger partial charge on any atom is -0.488 e. The van der Waals surface area contributed by atoms with E-state index in [2.05, 4.69) is 22.2 Å². The summed E-state index contributed by atoms with van der Waals surface area (Å²) in [5, 5.41) is 15.5. The van der Waals surface area contributed by atoms with E-state index >= 15 is 0 Å². The van der Waals surface area contributed by atoms with Crippen LogP contribution in [0.4, 0.5) is 18.0 Å². The quantitative estimate of drug-likeness (QED) is 0.216. The van der Waals surface area contributed by atoms with Gasteiger partial charge in [0.25, 0.3) is 0 Å². The van der Waals surface area contributed by atoms with Crippen molar-refractivity contribution < 1.29 is 46.9 Å². The number of pyridine rings is 1. The monoisotopic (exact) mass is 724 g/mol. The zero-order valence-electron chi connectivity index (χ0n) is 29.8. The molecule has 0 spiro atoms. The van der Waals surface area contributed by atoms with Crippen molar-refractivity contribution in [2.45, 2.75) is 89.9 Å². The maximum absolute atomic E-state index is 14.4. The summed E-state index contributed by atoms with van der Waals surface area (Å²) in [6.45, 7) is 13.7. The number of carbonyl (C=O) groups excluding carboxylic acids is 3. The lowest BCUT2D eigenvalue weighted by atomic mass is 9.85. The molecule has 1 aromatic heterocycles. The number of likely N-dealkylation sites (tertiary alicyclic amines) is 1. The van der Waals surface area contributed by atoms with Gasteiger partial charge in [0.05, 0.1) is 23.3 Å². The number of carbonyl (C=O) groups is 4. The van der Waals surface area contributed by atoms with Crippen LogP contribution in [0.25, 0.3) is 22.2 Å². The molecule has 1 aliphatic heterocycles. The zero-order valence-corrected chi connectivity index (χ0v) is 29.8. The van der Waals surface area contributed by atoms with E-state index in [4.69, 9.17) is 9.47 Å². The van der Waals surface area contributed by atoms with Gasteiger partial charge in [-0.25, -0.2) is 14.6 Å². The number of nitrogens with one attached hydrogen (secondary N) is 2. The van der Waals surface area contributed by atoms with Crippen LogP contribution in [0, 0.1) is 11.3 Å². The van der Waals surface area contributed by atoms with Gasteiger partial charge in [0.15, 0.2) is 0 Å². The second-order valence-corrected chi connectivity index (χ2v) is 15.3. The number of alkyl carbamates (subject to hydrolysis) is 1. The largest absolute Gasteiger partial charge is 0.488 e. The number of carboxylic acid groups (broad SMARTS) is 1. The molecule has 11 nitrogen and oxygen atoms in total. The molecule has 278 valence electrons. The van der Waals surface area contributed by atoms with E-state index in [1.165, 1.54) is 17.0 Å². The Labute approximate surface area is 299 Å². The summed E-state index contributed by atoms with van der Waals surface area (Å²) in [5.74, 6) is -2.97. The molecule has 2 aliphatic rings. The molecule has 52 heavy (non-hydrogen) atoms. The lowest BCUT2D eigenvalue weighted by Gasteiger charge is -2.35. The lowest BCUT2D eigenvalue weighted by Crippen LogP contribution is -2.59. The summed E-state index contributed by atoms with van der Waals surface area (Å²) in [7, 11) is 0. The standard InChI is InChI=1S/C38H43F3N4O7/c1-8-22-19-37(22,33(48)49)44-31(46)28-17-24(20-45(28)32(47)30(35(2,3)4)43-34(50)52-36(5,6)7)51-29-18-26(21-12-10-9-11-13-21)42-27-16-23(38(39,40)41)14-15-25(27)29/h8-16,18,22,24,28,30H,1,17,19-20H2,2-7H3,(H,43,50)(H,44,46)(H,48,49)/t22-,24-,28-,30-,37-/m1/s1. The molecule has 2 heterocycles. The number of fused-ring (bicyclic) bond motifs is 1. The summed E-state index contributed by atoms with van der Waals surface area (Å²) in [6, 6.07) is 11.1. The van der Waals surface area contributed by atoms with Crippen LogP contribution in [-0.2, 0) is 25.3 Å². The molecule has 5 atom stereocenters. The molecule has 1 saturated carbocycles. The fraction of sp³-hybridized carbons (Fsp3) is 0.447. The van der Waals surface area contributed by atoms with Crippen LogP contribution in [0.15, 0.2) is 67.3 Å². The number of hydrogen-bond acceptors (Lipinski definition) is 7. The number of nitrogens with zero attached hydrogens (tertiary/aromatic N) is 2. The molecule has 2 aromatic carbocycles. The highest BCUT2D eigenvalue weighted by molar-refractivity contribution is 5.96. The molecule has 3 N–H and O–H groups in total. The van der Waals surface area contributed by atoms with E-state index in [-0.39, 0.29) is 36.0 Å². The topological polar surface area (TPSA) is 147 Å². The molecule has 5 rings (SSSR count). The van der Waals surface area contributed by atoms with E-state index < -0.39 is 76.3 Å². The maximum atomic E-state index is 14.4. The number of hydrogen-bond donors (Lipinski definition) is 3. The van der Waals surface area contributed by atoms with Crippen LogP contribution >= 0.6 is 0 Å². The first-order chi connectivity index (χ1) is 24.1. The number of aromatic nitrogens is 1. The van der Waals surface area contributed by atoms with Gasteiger partial charge < -0.3 is 30.1 Å². The van der Waals surface area contributed by atoms with Crippen molar-refractivity contribution in [3.05, 3.63) is 72.8 Å². The maximum Gasteiger partial charge on any atom is 0.416 e. The van der Waals surface area contributed by atoms with E-state index in [1.807, 2.05) is 0 Å². The van der Waals surface area contributed by atoms with Gasteiger partial charge in [-0.3, -0.25) is 9.59 Å². The highest BCUT2D eigenvalue weighted by Crippen LogP contribution is 2.45. The van der Waals surface area contributed by atoms with Crippen LogP contribution in [0.1, 0.15) is 59.9 Å². The van der Waals surface area contributed by atoms with Crippen molar-refractivity contribution in [1.82, 2.24) is 20.5 Å². The molecule has 0 bridgehead atoms. The second-order valence-electron chi connectivity index (χ2n) is 15.3. The van der Waals surface area contributed by atoms with Crippen molar-refractivity contribution >= 4 is 34.8 Å². The van der Waals surface area contributed by atoms with Gasteiger partial charge in [-0.15, -0.1) is 6.58 Å². The Morgan fingerprint density at radius 3 is 2.27 bits per heavy atom. The van der Waals surface area contributed by atoms with Crippen LogP contribution in [0.2, 0.25) is 0 Å². The minimum atomic E-state index is -4.62. The average molecular weight is 725 g/mol. The molecule has 3 aromatic rings. The Morgan fingerprint density at radius 1 is 1.04 bits per heavy atom. The molecular formula is C38H43F3N4O7. The molecule has 0 unspecified atom stereocenters. The highest BCUT2D eigenvalue weighted by Gasteiger charge is 2.61. The Balaban J connectivity index is 1.53. The molecular weight excluding hydrogens is 681 g/mol. The number of aliphatic carboxylic acids is 1. The van der Waals surface area contributed by atoms with Gasteiger partial charge in [0.1, 0.15) is 35.1 Å². The summed E-state index contributed by atoms with van der Waals surface area (Å²) in [5.41, 5.74) is -3.25. The number of amides is 3. The van der Waals surface area contributed by atoms with E-state index in [0.717, 1.165) is 12.1 Å². The predicted molar refractivity (Wildman–Crippen MR) is 186 cm³/mol. The minimum absolute atomic E-state index is 0.0216. The first-order valence-electron chi connectivity index (χ1n) is 16.8. The third-order valence-corrected chi connectivity index (χ3v) is 9.11. The second kappa shape index (κ2) is 13.8. The van der Waals surface area contributed by atoms with Gasteiger partial charge in [-0.05, 0) is 50.8 Å². The Kier molecular flexibility index (Phi) is 10.1. The Morgan fingerprint density at radius 2 is 1.71 bits per heavy atom. The van der Waals surface area contributed by atoms with Gasteiger partial charge in [0, 0.05) is 29.4 Å². The molecule has 2 fully saturated rings. The third-order valence-electron chi connectivity index (χ3n) is 9.11. The predicted octanol–water partition coefficient (Wildman–Crippen LogP) is 6.35. The number of alkyl halides is 3. The molecule has 1 saturated heterocycles. The zero-order chi connectivity index (χ0) is 38.4. The number of benzene rings is 2. The van der Waals surface area contributed by atoms with Crippen molar-refractivity contribution in [2.24, 2.45) is 11.3 Å². The fourth-order valence-electron chi connectivity index (χ4n) is 6.34. The van der Waals surface area contributed by atoms with Crippen LogP contribution in [0.3, 0.4) is 0 Å². The van der Waals surface area contributed by atoms with Crippen molar-refractivity contribution in [3.63, 3.8) is 0 Å². The van der Waals surface area contributed by atoms with Gasteiger partial charge in [0.2, 0.25) is 11.8 Å². The Hall–Kier alpha value is -5.14. The van der Waals surface area contributed by atoms with Crippen LogP contribution in [0.5, 0.6) is 5.75 Å². The highest BCUT2D eigenvalue weighted by atomic mass is 19.4. The molecule has 3 amide bonds. The van der Waals surface area contributed by atoms with Crippen LogP contribution < -0.4 is 15.4 Å². The van der Waals surface area contributed by atoms with Crippen molar-refractivity contribution in [3.8, 4) is 17.0 Å². The average Bonchev–Trinajstić information content (AvgIpc) is 3.61. The Bertz CT molecular complexity index is 1890. The first kappa shape index (κ1) is 38.1. The van der Waals surface area contributed by atoms with Crippen LogP contribution in [-0.4, -0.2) is 74.7 Å². The van der Waals surface area contributed by atoms with Crippen molar-refractivity contribution in [2.75, 3.05) is 6.54 Å². The molecule has 0 radical (unpaired) electrons. The molecule has 14 heteroatoms. The smallest absolute Gasteiger partial charge is 0.416 e. The fourth-order valence-corrected chi connectivity index (χ4v) is 6.34.